The van der Waals surface area contributed by atoms with Crippen LogP contribution in [0.3, 0.4) is 0 Å². The molecule has 2 rings (SSSR count). The first-order valence-corrected chi connectivity index (χ1v) is 5.96. The van der Waals surface area contributed by atoms with Crippen LogP contribution in [0.25, 0.3) is 0 Å². The summed E-state index contributed by atoms with van der Waals surface area (Å²) < 4.78 is 4.95. The summed E-state index contributed by atoms with van der Waals surface area (Å²) in [4.78, 5) is 16.0. The smallest absolute Gasteiger partial charge is 0.253 e. The number of aromatic nitrogens is 1. The van der Waals surface area contributed by atoms with E-state index in [1.807, 2.05) is 0 Å². The summed E-state index contributed by atoms with van der Waals surface area (Å²) in [5.74, 6) is 0.155. The number of pyridine rings is 1. The molecule has 0 aliphatic carbocycles. The summed E-state index contributed by atoms with van der Waals surface area (Å²) in [6, 6.07) is 7.76. The second-order valence-corrected chi connectivity index (χ2v) is 4.16. The molecule has 0 spiro atoms. The number of hydrogen-bond donors (Lipinski definition) is 3. The number of rotatable bonds is 4. The SMILES string of the molecule is COc1ccc(CNC(=O)c2cc(O)ccc2N)cn1. The van der Waals surface area contributed by atoms with Crippen LogP contribution in [-0.4, -0.2) is 23.1 Å². The van der Waals surface area contributed by atoms with E-state index in [4.69, 9.17) is 10.5 Å². The monoisotopic (exact) mass is 273 g/mol. The van der Waals surface area contributed by atoms with E-state index in [1.165, 1.54) is 25.3 Å². The lowest BCUT2D eigenvalue weighted by atomic mass is 10.1. The van der Waals surface area contributed by atoms with Gasteiger partial charge in [-0.1, -0.05) is 6.07 Å². The van der Waals surface area contributed by atoms with Gasteiger partial charge in [0.15, 0.2) is 0 Å². The van der Waals surface area contributed by atoms with Crippen LogP contribution in [0, 0.1) is 0 Å². The first kappa shape index (κ1) is 13.7. The Balaban J connectivity index is 2.02. The van der Waals surface area contributed by atoms with Crippen LogP contribution in [0.15, 0.2) is 36.5 Å². The van der Waals surface area contributed by atoms with E-state index in [0.717, 1.165) is 5.56 Å². The molecule has 1 aromatic carbocycles. The molecule has 0 atom stereocenters. The topological polar surface area (TPSA) is 97.5 Å². The Labute approximate surface area is 116 Å². The van der Waals surface area contributed by atoms with E-state index in [0.29, 0.717) is 18.1 Å². The van der Waals surface area contributed by atoms with Gasteiger partial charge in [0.2, 0.25) is 5.88 Å². The standard InChI is InChI=1S/C14H15N3O3/c1-20-13-5-2-9(7-16-13)8-17-14(19)11-6-10(18)3-4-12(11)15/h2-7,18H,8,15H2,1H3,(H,17,19). The average molecular weight is 273 g/mol. The van der Waals surface area contributed by atoms with Gasteiger partial charge in [0, 0.05) is 24.5 Å². The molecule has 6 heteroatoms. The van der Waals surface area contributed by atoms with Crippen molar-refractivity contribution in [1.29, 1.82) is 0 Å². The molecule has 4 N–H and O–H groups in total. The Bertz CT molecular complexity index is 612. The maximum absolute atomic E-state index is 12.0. The normalized spacial score (nSPS) is 10.1. The summed E-state index contributed by atoms with van der Waals surface area (Å²) in [6.45, 7) is 0.310. The zero-order valence-electron chi connectivity index (χ0n) is 11.0. The molecule has 0 fully saturated rings. The van der Waals surface area contributed by atoms with E-state index < -0.39 is 0 Å². The van der Waals surface area contributed by atoms with Gasteiger partial charge >= 0.3 is 0 Å². The molecule has 0 bridgehead atoms. The minimum absolute atomic E-state index is 0.00420. The lowest BCUT2D eigenvalue weighted by molar-refractivity contribution is 0.0951. The maximum atomic E-state index is 12.0. The molecule has 0 saturated heterocycles. The Morgan fingerprint density at radius 1 is 1.40 bits per heavy atom. The molecule has 2 aromatic rings. The number of nitrogens with one attached hydrogen (secondary N) is 1. The van der Waals surface area contributed by atoms with Gasteiger partial charge in [-0.05, 0) is 23.8 Å². The number of phenolic OH excluding ortho intramolecular Hbond substituents is 1. The first-order valence-electron chi connectivity index (χ1n) is 5.96. The highest BCUT2D eigenvalue weighted by atomic mass is 16.5. The molecule has 0 aliphatic rings. The van der Waals surface area contributed by atoms with Crippen molar-refractivity contribution in [1.82, 2.24) is 10.3 Å². The molecule has 0 radical (unpaired) electrons. The lowest BCUT2D eigenvalue weighted by Crippen LogP contribution is -2.23. The van der Waals surface area contributed by atoms with Crippen LogP contribution in [-0.2, 0) is 6.54 Å². The van der Waals surface area contributed by atoms with Crippen LogP contribution in [0.2, 0.25) is 0 Å². The number of nitrogens with zero attached hydrogens (tertiary/aromatic N) is 1. The Kier molecular flexibility index (Phi) is 4.05. The van der Waals surface area contributed by atoms with Gasteiger partial charge in [-0.15, -0.1) is 0 Å². The van der Waals surface area contributed by atoms with E-state index in [2.05, 4.69) is 10.3 Å². The fraction of sp³-hybridized carbons (Fsp3) is 0.143. The molecule has 6 nitrogen and oxygen atoms in total. The van der Waals surface area contributed by atoms with Crippen molar-refractivity contribution in [3.63, 3.8) is 0 Å². The van der Waals surface area contributed by atoms with Gasteiger partial charge in [0.1, 0.15) is 5.75 Å². The van der Waals surface area contributed by atoms with Crippen LogP contribution in [0.4, 0.5) is 5.69 Å². The average Bonchev–Trinajstić information content (AvgIpc) is 2.47. The summed E-state index contributed by atoms with van der Waals surface area (Å²) in [5, 5.41) is 12.1. The third-order valence-electron chi connectivity index (χ3n) is 2.74. The van der Waals surface area contributed by atoms with Crippen molar-refractivity contribution >= 4 is 11.6 Å². The van der Waals surface area contributed by atoms with Gasteiger partial charge in [-0.3, -0.25) is 4.79 Å². The fourth-order valence-corrected chi connectivity index (χ4v) is 1.65. The van der Waals surface area contributed by atoms with E-state index in [1.54, 1.807) is 18.3 Å². The van der Waals surface area contributed by atoms with E-state index >= 15 is 0 Å². The number of phenols is 1. The molecule has 0 unspecified atom stereocenters. The minimum atomic E-state index is -0.353. The summed E-state index contributed by atoms with van der Waals surface area (Å²) in [5.41, 5.74) is 7.08. The van der Waals surface area contributed by atoms with E-state index in [9.17, 15) is 9.90 Å². The first-order chi connectivity index (χ1) is 9.60. The van der Waals surface area contributed by atoms with Crippen LogP contribution < -0.4 is 15.8 Å². The molecular formula is C14H15N3O3. The Morgan fingerprint density at radius 3 is 2.85 bits per heavy atom. The molecule has 20 heavy (non-hydrogen) atoms. The van der Waals surface area contributed by atoms with Crippen molar-refractivity contribution in [2.24, 2.45) is 0 Å². The van der Waals surface area contributed by atoms with Crippen molar-refractivity contribution in [2.45, 2.75) is 6.54 Å². The molecule has 1 amide bonds. The Morgan fingerprint density at radius 2 is 2.20 bits per heavy atom. The third-order valence-corrected chi connectivity index (χ3v) is 2.74. The Hall–Kier alpha value is -2.76. The van der Waals surface area contributed by atoms with E-state index in [-0.39, 0.29) is 17.2 Å². The van der Waals surface area contributed by atoms with Gasteiger partial charge in [0.05, 0.1) is 12.7 Å². The summed E-state index contributed by atoms with van der Waals surface area (Å²) in [6.07, 6.45) is 1.62. The van der Waals surface area contributed by atoms with Crippen LogP contribution in [0.1, 0.15) is 15.9 Å². The molecule has 0 saturated carbocycles. The highest BCUT2D eigenvalue weighted by Gasteiger charge is 2.10. The fourth-order valence-electron chi connectivity index (χ4n) is 1.65. The number of nitrogens with two attached hydrogens (primary N) is 1. The second kappa shape index (κ2) is 5.92. The van der Waals surface area contributed by atoms with Crippen molar-refractivity contribution in [3.05, 3.63) is 47.7 Å². The third kappa shape index (κ3) is 3.17. The van der Waals surface area contributed by atoms with Gasteiger partial charge in [-0.25, -0.2) is 4.98 Å². The predicted molar refractivity (Wildman–Crippen MR) is 74.5 cm³/mol. The number of methoxy groups -OCH3 is 1. The summed E-state index contributed by atoms with van der Waals surface area (Å²) in [7, 11) is 1.54. The number of hydrogen-bond acceptors (Lipinski definition) is 5. The second-order valence-electron chi connectivity index (χ2n) is 4.16. The highest BCUT2D eigenvalue weighted by Crippen LogP contribution is 2.18. The number of ether oxygens (including phenoxy) is 1. The molecule has 0 aliphatic heterocycles. The van der Waals surface area contributed by atoms with Gasteiger partial charge in [-0.2, -0.15) is 0 Å². The number of nitrogen functional groups attached to an aromatic ring is 1. The number of anilines is 1. The molecule has 104 valence electrons. The van der Waals surface area contributed by atoms with Crippen LogP contribution >= 0.6 is 0 Å². The van der Waals surface area contributed by atoms with Crippen molar-refractivity contribution in [2.75, 3.05) is 12.8 Å². The molecule has 1 heterocycles. The minimum Gasteiger partial charge on any atom is -0.508 e. The largest absolute Gasteiger partial charge is 0.508 e. The van der Waals surface area contributed by atoms with Gasteiger partial charge < -0.3 is 20.9 Å². The quantitative estimate of drug-likeness (QED) is 0.576. The van der Waals surface area contributed by atoms with Crippen molar-refractivity contribution in [3.8, 4) is 11.6 Å². The van der Waals surface area contributed by atoms with Gasteiger partial charge in [0.25, 0.3) is 5.91 Å². The number of carbonyl (C=O) groups excluding carboxylic acids is 1. The van der Waals surface area contributed by atoms with Crippen molar-refractivity contribution < 1.29 is 14.6 Å². The van der Waals surface area contributed by atoms with Crippen LogP contribution in [0.5, 0.6) is 11.6 Å². The molecular weight excluding hydrogens is 258 g/mol. The lowest BCUT2D eigenvalue weighted by Gasteiger charge is -2.08. The number of carbonyl (C=O) groups is 1. The zero-order chi connectivity index (χ0) is 14.5. The summed E-state index contributed by atoms with van der Waals surface area (Å²) >= 11 is 0. The highest BCUT2D eigenvalue weighted by molar-refractivity contribution is 5.99. The number of amides is 1. The zero-order valence-corrected chi connectivity index (χ0v) is 11.0. The predicted octanol–water partition coefficient (Wildman–Crippen LogP) is 1.31. The maximum Gasteiger partial charge on any atom is 0.253 e. The molecule has 1 aromatic heterocycles. The number of aromatic hydroxyl groups is 1. The number of benzene rings is 1.